The maximum Gasteiger partial charge on any atom is 0.264 e. The molecule has 1 aliphatic heterocycles. The van der Waals surface area contributed by atoms with E-state index in [9.17, 15) is 26.4 Å². The van der Waals surface area contributed by atoms with Crippen molar-refractivity contribution in [2.24, 2.45) is 0 Å². The van der Waals surface area contributed by atoms with Crippen LogP contribution in [0.4, 0.5) is 0 Å². The molecule has 1 aromatic carbocycles. The van der Waals surface area contributed by atoms with Gasteiger partial charge in [0.05, 0.1) is 18.1 Å². The Bertz CT molecular complexity index is 1360. The second-order valence-electron chi connectivity index (χ2n) is 9.36. The number of aryl methyl sites for hydroxylation is 1. The Morgan fingerprint density at radius 1 is 1.11 bits per heavy atom. The lowest BCUT2D eigenvalue weighted by Gasteiger charge is -2.26. The molecular weight excluding hydrogens is 522 g/mol. The Kier molecular flexibility index (Phi) is 9.16. The van der Waals surface area contributed by atoms with Crippen molar-refractivity contribution >= 4 is 25.6 Å². The van der Waals surface area contributed by atoms with E-state index in [0.29, 0.717) is 31.0 Å². The van der Waals surface area contributed by atoms with Crippen LogP contribution in [0.5, 0.6) is 5.75 Å². The number of hydrogen-bond acceptors (Lipinski definition) is 9. The minimum Gasteiger partial charge on any atom is -0.494 e. The average Bonchev–Trinajstić information content (AvgIpc) is 2.85. The summed E-state index contributed by atoms with van der Waals surface area (Å²) < 4.78 is 52.4. The summed E-state index contributed by atoms with van der Waals surface area (Å²) in [4.78, 5) is 26.7. The van der Waals surface area contributed by atoms with Crippen molar-refractivity contribution in [1.82, 2.24) is 14.9 Å². The Labute approximate surface area is 216 Å². The zero-order chi connectivity index (χ0) is 27.3. The third-order valence-electron chi connectivity index (χ3n) is 6.74. The summed E-state index contributed by atoms with van der Waals surface area (Å²) in [6.45, 7) is 3.57. The number of carbonyl (C=O) groups is 1. The van der Waals surface area contributed by atoms with Gasteiger partial charge in [0.15, 0.2) is 24.4 Å². The van der Waals surface area contributed by atoms with Gasteiger partial charge in [-0.1, -0.05) is 12.1 Å². The third-order valence-corrected chi connectivity index (χ3v) is 10.4. The summed E-state index contributed by atoms with van der Waals surface area (Å²) >= 11 is 0. The molecule has 204 valence electrons. The summed E-state index contributed by atoms with van der Waals surface area (Å²) in [5.74, 6) is 0.0473. The fraction of sp³-hybridized carbons (Fsp3) is 0.500. The number of amides is 1. The molecule has 1 saturated heterocycles. The predicted octanol–water partition coefficient (Wildman–Crippen LogP) is 0.713. The van der Waals surface area contributed by atoms with Crippen molar-refractivity contribution < 1.29 is 31.6 Å². The first kappa shape index (κ1) is 28.8. The molecule has 3 rings (SSSR count). The van der Waals surface area contributed by atoms with Crippen LogP contribution in [-0.4, -0.2) is 86.2 Å². The molecule has 0 saturated carbocycles. The topological polar surface area (TPSA) is 152 Å². The van der Waals surface area contributed by atoms with Crippen LogP contribution in [-0.2, 0) is 31.0 Å². The van der Waals surface area contributed by atoms with Gasteiger partial charge in [-0.25, -0.2) is 22.3 Å². The van der Waals surface area contributed by atoms with Gasteiger partial charge in [-0.3, -0.25) is 14.8 Å². The first-order chi connectivity index (χ1) is 17.3. The predicted molar refractivity (Wildman–Crippen MR) is 139 cm³/mol. The highest BCUT2D eigenvalue weighted by Gasteiger charge is 2.43. The first-order valence-electron chi connectivity index (χ1n) is 11.9. The number of nitrogens with one attached hydrogen (secondary N) is 1. The van der Waals surface area contributed by atoms with Gasteiger partial charge < -0.3 is 14.2 Å². The van der Waals surface area contributed by atoms with Gasteiger partial charge in [-0.15, -0.1) is 0 Å². The molecule has 2 N–H and O–H groups in total. The molecule has 11 nitrogen and oxygen atoms in total. The Hall–Kier alpha value is -2.74. The fourth-order valence-electron chi connectivity index (χ4n) is 3.99. The number of benzene rings is 1. The Morgan fingerprint density at radius 3 is 2.32 bits per heavy atom. The highest BCUT2D eigenvalue weighted by atomic mass is 32.2. The van der Waals surface area contributed by atoms with Crippen LogP contribution < -0.4 is 15.8 Å². The molecule has 1 fully saturated rings. The van der Waals surface area contributed by atoms with Crippen LogP contribution in [0, 0.1) is 0 Å². The average molecular weight is 556 g/mol. The number of ether oxygens (including phenoxy) is 1. The molecule has 1 amide bonds. The number of pyridine rings is 1. The highest BCUT2D eigenvalue weighted by Crippen LogP contribution is 2.23. The van der Waals surface area contributed by atoms with E-state index in [2.05, 4.69) is 4.90 Å². The van der Waals surface area contributed by atoms with Gasteiger partial charge >= 0.3 is 0 Å². The smallest absolute Gasteiger partial charge is 0.264 e. The fourth-order valence-corrected chi connectivity index (χ4v) is 6.11. The van der Waals surface area contributed by atoms with Gasteiger partial charge in [-0.05, 0) is 49.1 Å². The minimum absolute atomic E-state index is 0.0316. The molecule has 0 aliphatic carbocycles. The van der Waals surface area contributed by atoms with Gasteiger partial charge in [-0.2, -0.15) is 0 Å². The molecular formula is C24H33N3O8S2. The summed E-state index contributed by atoms with van der Waals surface area (Å²) in [6, 6.07) is 10.4. The number of hydroxylamine groups is 1. The molecule has 1 aromatic heterocycles. The summed E-state index contributed by atoms with van der Waals surface area (Å²) in [6.07, 6.45) is 3.02. The number of nitrogens with zero attached hydrogens (tertiary/aromatic N) is 2. The number of rotatable bonds is 11. The van der Waals surface area contributed by atoms with E-state index < -0.39 is 30.3 Å². The van der Waals surface area contributed by atoms with Gasteiger partial charge in [0.1, 0.15) is 5.75 Å². The van der Waals surface area contributed by atoms with Crippen molar-refractivity contribution in [2.45, 2.75) is 31.1 Å². The van der Waals surface area contributed by atoms with E-state index >= 15 is 0 Å². The normalized spacial score (nSPS) is 17.6. The largest absolute Gasteiger partial charge is 0.494 e. The molecule has 1 unspecified atom stereocenters. The number of carbonyl (C=O) groups excluding carboxylic acids is 1. The van der Waals surface area contributed by atoms with Crippen molar-refractivity contribution in [3.05, 3.63) is 52.9 Å². The Balaban J connectivity index is 1.55. The molecule has 2 heterocycles. The van der Waals surface area contributed by atoms with E-state index in [1.165, 1.54) is 29.2 Å². The van der Waals surface area contributed by atoms with E-state index in [4.69, 9.17) is 9.94 Å². The minimum atomic E-state index is -3.86. The second-order valence-corrected chi connectivity index (χ2v) is 14.1. The molecule has 0 radical (unpaired) electrons. The quantitative estimate of drug-likeness (QED) is 0.232. The second kappa shape index (κ2) is 11.8. The van der Waals surface area contributed by atoms with Crippen LogP contribution in [0.3, 0.4) is 0 Å². The Morgan fingerprint density at radius 2 is 1.76 bits per heavy atom. The van der Waals surface area contributed by atoms with Crippen molar-refractivity contribution in [3.8, 4) is 16.9 Å². The van der Waals surface area contributed by atoms with E-state index in [-0.39, 0.29) is 30.0 Å². The maximum absolute atomic E-state index is 12.6. The van der Waals surface area contributed by atoms with Crippen LogP contribution in [0.25, 0.3) is 11.1 Å². The van der Waals surface area contributed by atoms with E-state index in [1.807, 2.05) is 12.1 Å². The molecule has 1 atom stereocenters. The lowest BCUT2D eigenvalue weighted by Crippen LogP contribution is -2.49. The monoisotopic (exact) mass is 555 g/mol. The number of aromatic nitrogens is 1. The van der Waals surface area contributed by atoms with Crippen LogP contribution in [0.15, 0.2) is 47.4 Å². The van der Waals surface area contributed by atoms with E-state index in [1.54, 1.807) is 18.2 Å². The van der Waals surface area contributed by atoms with Gasteiger partial charge in [0.2, 0.25) is 0 Å². The zero-order valence-electron chi connectivity index (χ0n) is 20.9. The third kappa shape index (κ3) is 7.40. The summed E-state index contributed by atoms with van der Waals surface area (Å²) in [7, 11) is -6.74. The number of hydrogen-bond donors (Lipinski definition) is 2. The molecule has 2 aromatic rings. The maximum atomic E-state index is 12.6. The SMILES string of the molecule is CC(CCn1ccc(-c2ccc(OCCCN3CCS(=O)(=O)CC3)cc2)cc1=O)(C(=O)NO)S(C)(=O)=O. The molecule has 0 bridgehead atoms. The van der Waals surface area contributed by atoms with Crippen LogP contribution in [0.1, 0.15) is 19.8 Å². The van der Waals surface area contributed by atoms with Crippen LogP contribution in [0.2, 0.25) is 0 Å². The first-order valence-corrected chi connectivity index (χ1v) is 15.6. The highest BCUT2D eigenvalue weighted by molar-refractivity contribution is 7.92. The molecule has 0 spiro atoms. The van der Waals surface area contributed by atoms with Crippen LogP contribution >= 0.6 is 0 Å². The summed E-state index contributed by atoms with van der Waals surface area (Å²) in [5, 5.41) is 8.94. The summed E-state index contributed by atoms with van der Waals surface area (Å²) in [5.41, 5.74) is 2.51. The molecule has 1 aliphatic rings. The van der Waals surface area contributed by atoms with E-state index in [0.717, 1.165) is 24.8 Å². The standard InChI is InChI=1S/C24H33N3O8S2/c1-24(23(29)25-30,36(2,31)32)9-12-27-11-8-20(18-22(27)28)19-4-6-21(7-5-19)35-15-3-10-26-13-16-37(33,34)17-14-26/h4-8,11,18,30H,3,9-10,12-17H2,1-2H3,(H,25,29). The number of sulfone groups is 2. The van der Waals surface area contributed by atoms with Crippen molar-refractivity contribution in [1.29, 1.82) is 0 Å². The van der Waals surface area contributed by atoms with Gasteiger partial charge in [0, 0.05) is 44.7 Å². The van der Waals surface area contributed by atoms with Gasteiger partial charge in [0.25, 0.3) is 11.5 Å². The lowest BCUT2D eigenvalue weighted by atomic mass is 10.1. The van der Waals surface area contributed by atoms with Crippen molar-refractivity contribution in [3.63, 3.8) is 0 Å². The zero-order valence-corrected chi connectivity index (χ0v) is 22.6. The molecule has 37 heavy (non-hydrogen) atoms. The van der Waals surface area contributed by atoms with Crippen molar-refractivity contribution in [2.75, 3.05) is 44.0 Å². The lowest BCUT2D eigenvalue weighted by molar-refractivity contribution is -0.131. The molecule has 13 heteroatoms.